The highest BCUT2D eigenvalue weighted by molar-refractivity contribution is 9.09. The minimum atomic E-state index is 1.13. The molecule has 0 radical (unpaired) electrons. The van der Waals surface area contributed by atoms with Crippen LogP contribution in [0.3, 0.4) is 0 Å². The molecule has 0 aromatic heterocycles. The van der Waals surface area contributed by atoms with Crippen molar-refractivity contribution >= 4 is 15.9 Å². The van der Waals surface area contributed by atoms with E-state index < -0.39 is 0 Å². The Hall–Kier alpha value is 0.440. The Balaban J connectivity index is 2.45. The van der Waals surface area contributed by atoms with E-state index in [-0.39, 0.29) is 0 Å². The third-order valence-electron chi connectivity index (χ3n) is 0.810. The van der Waals surface area contributed by atoms with E-state index in [0.717, 1.165) is 11.9 Å². The molecule has 0 aromatic rings. The third-order valence-corrected chi connectivity index (χ3v) is 1.37. The molecule has 1 nitrogen and oxygen atoms in total. The van der Waals surface area contributed by atoms with Gasteiger partial charge in [-0.2, -0.15) is 0 Å². The van der Waals surface area contributed by atoms with E-state index in [1.807, 2.05) is 7.05 Å². The monoisotopic (exact) mass is 165 g/mol. The summed E-state index contributed by atoms with van der Waals surface area (Å²) in [7, 11) is 1.98. The zero-order valence-corrected chi connectivity index (χ0v) is 6.29. The molecule has 0 aliphatic heterocycles. The Kier molecular flexibility index (Phi) is 6.84. The van der Waals surface area contributed by atoms with Crippen molar-refractivity contribution in [3.63, 3.8) is 0 Å². The van der Waals surface area contributed by atoms with E-state index in [0.29, 0.717) is 0 Å². The lowest BCUT2D eigenvalue weighted by Gasteiger charge is -1.92. The average molecular weight is 166 g/mol. The van der Waals surface area contributed by atoms with Crippen molar-refractivity contribution in [1.82, 2.24) is 5.32 Å². The molecule has 2 heteroatoms. The molecule has 44 valence electrons. The molecule has 0 saturated heterocycles. The van der Waals surface area contributed by atoms with Gasteiger partial charge in [-0.05, 0) is 26.4 Å². The lowest BCUT2D eigenvalue weighted by Crippen LogP contribution is -2.06. The predicted molar refractivity (Wildman–Crippen MR) is 37.0 cm³/mol. The smallest absolute Gasteiger partial charge is 0.00317 e. The van der Waals surface area contributed by atoms with E-state index in [2.05, 4.69) is 21.2 Å². The van der Waals surface area contributed by atoms with E-state index in [4.69, 9.17) is 0 Å². The van der Waals surface area contributed by atoms with Crippen molar-refractivity contribution < 1.29 is 0 Å². The number of unbranched alkanes of at least 4 members (excludes halogenated alkanes) is 1. The highest BCUT2D eigenvalue weighted by Gasteiger charge is 1.79. The maximum Gasteiger partial charge on any atom is 0.00317 e. The molecule has 0 amide bonds. The van der Waals surface area contributed by atoms with Gasteiger partial charge in [-0.1, -0.05) is 15.9 Å². The van der Waals surface area contributed by atoms with Gasteiger partial charge in [0.05, 0.1) is 0 Å². The molecule has 0 fully saturated rings. The molecular weight excluding hydrogens is 154 g/mol. The molecule has 7 heavy (non-hydrogen) atoms. The van der Waals surface area contributed by atoms with Crippen LogP contribution in [0.25, 0.3) is 0 Å². The van der Waals surface area contributed by atoms with Crippen molar-refractivity contribution in [2.24, 2.45) is 0 Å². The maximum absolute atomic E-state index is 3.35. The normalized spacial score (nSPS) is 9.43. The first-order valence-corrected chi connectivity index (χ1v) is 3.74. The fourth-order valence-electron chi connectivity index (χ4n) is 0.396. The van der Waals surface area contributed by atoms with Crippen LogP contribution in [-0.2, 0) is 0 Å². The van der Waals surface area contributed by atoms with Crippen molar-refractivity contribution in [1.29, 1.82) is 0 Å². The van der Waals surface area contributed by atoms with Crippen LogP contribution in [0.15, 0.2) is 0 Å². The summed E-state index contributed by atoms with van der Waals surface area (Å²) in [6.45, 7) is 1.14. The standard InChI is InChI=1S/C5H12BrN/c1-7-5-3-2-4-6/h7H,2-5H2,1H3. The third kappa shape index (κ3) is 6.44. The van der Waals surface area contributed by atoms with Gasteiger partial charge in [0.2, 0.25) is 0 Å². The van der Waals surface area contributed by atoms with Gasteiger partial charge >= 0.3 is 0 Å². The van der Waals surface area contributed by atoms with E-state index in [9.17, 15) is 0 Å². The number of hydrogen-bond acceptors (Lipinski definition) is 1. The maximum atomic E-state index is 3.35. The van der Waals surface area contributed by atoms with Crippen LogP contribution in [0, 0.1) is 0 Å². The number of rotatable bonds is 4. The number of alkyl halides is 1. The molecule has 0 spiro atoms. The molecular formula is C5H12BrN. The minimum Gasteiger partial charge on any atom is -0.320 e. The molecule has 0 bridgehead atoms. The summed E-state index contributed by atoms with van der Waals surface area (Å²) < 4.78 is 0. The van der Waals surface area contributed by atoms with Crippen LogP contribution in [0.5, 0.6) is 0 Å². The van der Waals surface area contributed by atoms with Gasteiger partial charge in [0, 0.05) is 5.33 Å². The Bertz CT molecular complexity index is 27.3. The van der Waals surface area contributed by atoms with Gasteiger partial charge in [-0.15, -0.1) is 0 Å². The first-order chi connectivity index (χ1) is 3.41. The molecule has 0 unspecified atom stereocenters. The summed E-state index contributed by atoms with van der Waals surface area (Å²) in [5, 5.41) is 4.22. The van der Waals surface area contributed by atoms with Crippen molar-refractivity contribution in [3.05, 3.63) is 0 Å². The Morgan fingerprint density at radius 1 is 1.43 bits per heavy atom. The summed E-state index contributed by atoms with van der Waals surface area (Å²) in [6.07, 6.45) is 2.56. The van der Waals surface area contributed by atoms with Gasteiger partial charge in [-0.3, -0.25) is 0 Å². The second kappa shape index (κ2) is 6.44. The van der Waals surface area contributed by atoms with Crippen LogP contribution in [0.2, 0.25) is 0 Å². The largest absolute Gasteiger partial charge is 0.320 e. The lowest BCUT2D eigenvalue weighted by atomic mass is 10.3. The average Bonchev–Trinajstić information content (AvgIpc) is 1.69. The van der Waals surface area contributed by atoms with Gasteiger partial charge in [0.25, 0.3) is 0 Å². The zero-order chi connectivity index (χ0) is 5.54. The molecule has 0 saturated carbocycles. The van der Waals surface area contributed by atoms with Crippen LogP contribution in [0.1, 0.15) is 12.8 Å². The highest BCUT2D eigenvalue weighted by atomic mass is 79.9. The Labute approximate surface area is 53.6 Å². The quantitative estimate of drug-likeness (QED) is 0.491. The number of hydrogen-bond donors (Lipinski definition) is 1. The Morgan fingerprint density at radius 2 is 2.14 bits per heavy atom. The van der Waals surface area contributed by atoms with Gasteiger partial charge in [-0.25, -0.2) is 0 Å². The minimum absolute atomic E-state index is 1.13. The number of nitrogens with one attached hydrogen (secondary N) is 1. The molecule has 0 heterocycles. The molecule has 0 aromatic carbocycles. The summed E-state index contributed by atoms with van der Waals surface area (Å²) in [4.78, 5) is 0. The van der Waals surface area contributed by atoms with Crippen LogP contribution in [-0.4, -0.2) is 18.9 Å². The van der Waals surface area contributed by atoms with E-state index >= 15 is 0 Å². The van der Waals surface area contributed by atoms with Crippen LogP contribution < -0.4 is 5.32 Å². The number of halogens is 1. The summed E-state index contributed by atoms with van der Waals surface area (Å²) in [5.41, 5.74) is 0. The molecule has 0 aliphatic carbocycles. The second-order valence-electron chi connectivity index (χ2n) is 1.50. The highest BCUT2D eigenvalue weighted by Crippen LogP contribution is 1.90. The Morgan fingerprint density at radius 3 is 2.57 bits per heavy atom. The fraction of sp³-hybridized carbons (Fsp3) is 1.00. The molecule has 0 rings (SSSR count). The van der Waals surface area contributed by atoms with E-state index in [1.54, 1.807) is 0 Å². The van der Waals surface area contributed by atoms with Gasteiger partial charge in [0.15, 0.2) is 0 Å². The second-order valence-corrected chi connectivity index (χ2v) is 2.29. The fourth-order valence-corrected chi connectivity index (χ4v) is 0.793. The van der Waals surface area contributed by atoms with Crippen LogP contribution in [0.4, 0.5) is 0 Å². The molecule has 1 N–H and O–H groups in total. The van der Waals surface area contributed by atoms with Crippen LogP contribution >= 0.6 is 15.9 Å². The summed E-state index contributed by atoms with van der Waals surface area (Å²) in [5.74, 6) is 0. The first kappa shape index (κ1) is 7.44. The van der Waals surface area contributed by atoms with E-state index in [1.165, 1.54) is 12.8 Å². The molecule has 0 atom stereocenters. The SMILES string of the molecule is CNCCCCBr. The van der Waals surface area contributed by atoms with Crippen molar-refractivity contribution in [2.75, 3.05) is 18.9 Å². The van der Waals surface area contributed by atoms with Gasteiger partial charge in [0.1, 0.15) is 0 Å². The zero-order valence-electron chi connectivity index (χ0n) is 4.71. The van der Waals surface area contributed by atoms with Crippen molar-refractivity contribution in [2.45, 2.75) is 12.8 Å². The lowest BCUT2D eigenvalue weighted by molar-refractivity contribution is 0.716. The molecule has 0 aliphatic rings. The summed E-state index contributed by atoms with van der Waals surface area (Å²) in [6, 6.07) is 0. The van der Waals surface area contributed by atoms with Crippen molar-refractivity contribution in [3.8, 4) is 0 Å². The summed E-state index contributed by atoms with van der Waals surface area (Å²) >= 11 is 3.35. The predicted octanol–water partition coefficient (Wildman–Crippen LogP) is 1.38. The topological polar surface area (TPSA) is 12.0 Å². The van der Waals surface area contributed by atoms with Gasteiger partial charge < -0.3 is 5.32 Å². The first-order valence-electron chi connectivity index (χ1n) is 2.62.